The van der Waals surface area contributed by atoms with E-state index in [2.05, 4.69) is 10.2 Å². The molecule has 0 aliphatic heterocycles. The topological polar surface area (TPSA) is 57.8 Å². The standard InChI is InChI=1S/C5H5F2N3O/c6-5(7)10-4(11)3-1-8-9-2-3/h1-2,5H,(H,8,9)(H,10,11). The predicted molar refractivity (Wildman–Crippen MR) is 32.1 cm³/mol. The summed E-state index contributed by atoms with van der Waals surface area (Å²) in [5.41, 5.74) is 0.0882. The van der Waals surface area contributed by atoms with Crippen molar-refractivity contribution in [2.45, 2.75) is 6.55 Å². The van der Waals surface area contributed by atoms with Crippen molar-refractivity contribution in [1.82, 2.24) is 15.5 Å². The van der Waals surface area contributed by atoms with Crippen molar-refractivity contribution in [3.05, 3.63) is 18.0 Å². The highest BCUT2D eigenvalue weighted by molar-refractivity contribution is 5.93. The molecule has 0 saturated carbocycles. The zero-order valence-corrected chi connectivity index (χ0v) is 5.34. The lowest BCUT2D eigenvalue weighted by Crippen LogP contribution is -2.27. The molecule has 0 aromatic carbocycles. The van der Waals surface area contributed by atoms with E-state index < -0.39 is 12.5 Å². The van der Waals surface area contributed by atoms with Crippen LogP contribution in [0.15, 0.2) is 12.4 Å². The average molecular weight is 161 g/mol. The maximum Gasteiger partial charge on any atom is 0.315 e. The summed E-state index contributed by atoms with van der Waals surface area (Å²) in [6.07, 6.45) is 2.40. The Morgan fingerprint density at radius 3 is 2.91 bits per heavy atom. The average Bonchev–Trinajstić information content (AvgIpc) is 2.35. The normalized spacial score (nSPS) is 10.1. The van der Waals surface area contributed by atoms with E-state index >= 15 is 0 Å². The van der Waals surface area contributed by atoms with Gasteiger partial charge in [0.25, 0.3) is 5.91 Å². The molecule has 0 fully saturated rings. The van der Waals surface area contributed by atoms with E-state index in [-0.39, 0.29) is 5.56 Å². The Labute approximate surface area is 60.6 Å². The van der Waals surface area contributed by atoms with Gasteiger partial charge in [-0.15, -0.1) is 0 Å². The summed E-state index contributed by atoms with van der Waals surface area (Å²) in [5.74, 6) is -0.839. The van der Waals surface area contributed by atoms with Crippen LogP contribution >= 0.6 is 0 Å². The molecule has 0 spiro atoms. The van der Waals surface area contributed by atoms with Gasteiger partial charge < -0.3 is 0 Å². The number of amides is 1. The third-order valence-electron chi connectivity index (χ3n) is 1.00. The molecule has 0 saturated heterocycles. The van der Waals surface area contributed by atoms with Crippen molar-refractivity contribution in [1.29, 1.82) is 0 Å². The molecule has 0 radical (unpaired) electrons. The molecular weight excluding hydrogens is 156 g/mol. The van der Waals surface area contributed by atoms with Crippen molar-refractivity contribution in [2.75, 3.05) is 0 Å². The van der Waals surface area contributed by atoms with Crippen LogP contribution in [0, 0.1) is 0 Å². The Kier molecular flexibility index (Phi) is 2.15. The lowest BCUT2D eigenvalue weighted by molar-refractivity contribution is 0.0699. The second-order valence-corrected chi connectivity index (χ2v) is 1.76. The first kappa shape index (κ1) is 7.64. The molecule has 0 aliphatic carbocycles. The Balaban J connectivity index is 2.57. The first-order chi connectivity index (χ1) is 5.20. The lowest BCUT2D eigenvalue weighted by atomic mass is 10.3. The third kappa shape index (κ3) is 1.99. The van der Waals surface area contributed by atoms with Crippen molar-refractivity contribution in [2.24, 2.45) is 0 Å². The van der Waals surface area contributed by atoms with Crippen LogP contribution in [0.25, 0.3) is 0 Å². The van der Waals surface area contributed by atoms with Gasteiger partial charge in [0.05, 0.1) is 11.8 Å². The maximum atomic E-state index is 11.5. The van der Waals surface area contributed by atoms with E-state index in [9.17, 15) is 13.6 Å². The molecule has 1 aromatic heterocycles. The van der Waals surface area contributed by atoms with Gasteiger partial charge in [-0.1, -0.05) is 0 Å². The van der Waals surface area contributed by atoms with E-state index in [0.717, 1.165) is 6.20 Å². The Morgan fingerprint density at radius 2 is 2.45 bits per heavy atom. The monoisotopic (exact) mass is 161 g/mol. The number of halogens is 2. The molecule has 2 N–H and O–H groups in total. The van der Waals surface area contributed by atoms with E-state index in [0.29, 0.717) is 0 Å². The molecule has 11 heavy (non-hydrogen) atoms. The molecular formula is C5H5F2N3O. The highest BCUT2D eigenvalue weighted by atomic mass is 19.3. The molecule has 0 bridgehead atoms. The number of carbonyl (C=O) groups is 1. The van der Waals surface area contributed by atoms with Gasteiger partial charge in [0, 0.05) is 6.20 Å². The summed E-state index contributed by atoms with van der Waals surface area (Å²) >= 11 is 0. The number of aromatic nitrogens is 2. The summed E-state index contributed by atoms with van der Waals surface area (Å²) in [4.78, 5) is 10.7. The second-order valence-electron chi connectivity index (χ2n) is 1.76. The van der Waals surface area contributed by atoms with Crippen molar-refractivity contribution in [3.8, 4) is 0 Å². The summed E-state index contributed by atoms with van der Waals surface area (Å²) < 4.78 is 23.0. The maximum absolute atomic E-state index is 11.5. The van der Waals surface area contributed by atoms with Gasteiger partial charge in [0.15, 0.2) is 0 Å². The Bertz CT molecular complexity index is 234. The van der Waals surface area contributed by atoms with Gasteiger partial charge in [-0.2, -0.15) is 13.9 Å². The third-order valence-corrected chi connectivity index (χ3v) is 1.00. The zero-order chi connectivity index (χ0) is 8.27. The zero-order valence-electron chi connectivity index (χ0n) is 5.34. The van der Waals surface area contributed by atoms with Gasteiger partial charge in [0.1, 0.15) is 0 Å². The number of rotatable bonds is 2. The molecule has 0 unspecified atom stereocenters. The molecule has 60 valence electrons. The number of hydrogen-bond acceptors (Lipinski definition) is 2. The number of H-pyrrole nitrogens is 1. The molecule has 1 aromatic rings. The minimum atomic E-state index is -2.84. The molecule has 1 amide bonds. The van der Waals surface area contributed by atoms with Crippen molar-refractivity contribution >= 4 is 5.91 Å². The molecule has 1 heterocycles. The molecule has 0 atom stereocenters. The number of nitrogens with one attached hydrogen (secondary N) is 2. The van der Waals surface area contributed by atoms with Gasteiger partial charge >= 0.3 is 6.55 Å². The van der Waals surface area contributed by atoms with Gasteiger partial charge in [-0.3, -0.25) is 15.2 Å². The SMILES string of the molecule is O=C(NC(F)F)c1cn[nH]c1. The van der Waals surface area contributed by atoms with Crippen LogP contribution in [0.4, 0.5) is 8.78 Å². The summed E-state index contributed by atoms with van der Waals surface area (Å²) in [6, 6.07) is 0. The summed E-state index contributed by atoms with van der Waals surface area (Å²) in [6.45, 7) is -2.84. The van der Waals surface area contributed by atoms with Crippen LogP contribution in [0.1, 0.15) is 10.4 Å². The van der Waals surface area contributed by atoms with Crippen LogP contribution in [-0.2, 0) is 0 Å². The second kappa shape index (κ2) is 3.09. The quantitative estimate of drug-likeness (QED) is 0.615. The van der Waals surface area contributed by atoms with Crippen LogP contribution in [0.5, 0.6) is 0 Å². The van der Waals surface area contributed by atoms with Crippen molar-refractivity contribution in [3.63, 3.8) is 0 Å². The largest absolute Gasteiger partial charge is 0.315 e. The highest BCUT2D eigenvalue weighted by Crippen LogP contribution is 1.95. The number of hydrogen-bond donors (Lipinski definition) is 2. The summed E-state index contributed by atoms with van der Waals surface area (Å²) in [7, 11) is 0. The van der Waals surface area contributed by atoms with Gasteiger partial charge in [-0.25, -0.2) is 0 Å². The fourth-order valence-corrected chi connectivity index (χ4v) is 0.557. The smallest absolute Gasteiger partial charge is 0.296 e. The fraction of sp³-hybridized carbons (Fsp3) is 0.200. The Morgan fingerprint density at radius 1 is 1.73 bits per heavy atom. The van der Waals surface area contributed by atoms with Gasteiger partial charge in [-0.05, 0) is 0 Å². The van der Waals surface area contributed by atoms with E-state index in [1.807, 2.05) is 0 Å². The van der Waals surface area contributed by atoms with Gasteiger partial charge in [0.2, 0.25) is 0 Å². The number of nitrogens with zero attached hydrogens (tertiary/aromatic N) is 1. The van der Waals surface area contributed by atoms with E-state index in [4.69, 9.17) is 0 Å². The molecule has 4 nitrogen and oxygen atoms in total. The molecule has 1 rings (SSSR count). The number of carbonyl (C=O) groups excluding carboxylic acids is 1. The van der Waals surface area contributed by atoms with Crippen LogP contribution in [0.2, 0.25) is 0 Å². The predicted octanol–water partition coefficient (Wildman–Crippen LogP) is 0.362. The molecule has 0 aliphatic rings. The minimum absolute atomic E-state index is 0.0882. The summed E-state index contributed by atoms with van der Waals surface area (Å²) in [5, 5.41) is 7.16. The van der Waals surface area contributed by atoms with Crippen LogP contribution in [-0.4, -0.2) is 22.7 Å². The fourth-order valence-electron chi connectivity index (χ4n) is 0.557. The van der Waals surface area contributed by atoms with Crippen LogP contribution < -0.4 is 5.32 Å². The highest BCUT2D eigenvalue weighted by Gasteiger charge is 2.10. The first-order valence-electron chi connectivity index (χ1n) is 2.78. The van der Waals surface area contributed by atoms with E-state index in [1.54, 1.807) is 0 Å². The number of alkyl halides is 2. The Hall–Kier alpha value is -1.46. The lowest BCUT2D eigenvalue weighted by Gasteiger charge is -1.98. The van der Waals surface area contributed by atoms with Crippen LogP contribution in [0.3, 0.4) is 0 Å². The number of aromatic amines is 1. The van der Waals surface area contributed by atoms with Crippen molar-refractivity contribution < 1.29 is 13.6 Å². The first-order valence-corrected chi connectivity index (χ1v) is 2.78. The van der Waals surface area contributed by atoms with E-state index in [1.165, 1.54) is 11.5 Å². The molecule has 6 heteroatoms. The minimum Gasteiger partial charge on any atom is -0.296 e.